The fraction of sp³-hybridized carbons (Fsp3) is 0.786. The van der Waals surface area contributed by atoms with Crippen LogP contribution in [0.15, 0.2) is 6.20 Å². The van der Waals surface area contributed by atoms with Gasteiger partial charge >= 0.3 is 0 Å². The molecule has 1 heterocycles. The van der Waals surface area contributed by atoms with E-state index in [0.29, 0.717) is 5.92 Å². The first-order chi connectivity index (χ1) is 8.27. The van der Waals surface area contributed by atoms with E-state index >= 15 is 0 Å². The van der Waals surface area contributed by atoms with Crippen molar-refractivity contribution in [3.8, 4) is 0 Å². The fourth-order valence-corrected chi connectivity index (χ4v) is 2.70. The van der Waals surface area contributed by atoms with Crippen LogP contribution in [0.25, 0.3) is 0 Å². The van der Waals surface area contributed by atoms with E-state index in [9.17, 15) is 0 Å². The third kappa shape index (κ3) is 3.56. The minimum atomic E-state index is 0.708. The molecule has 0 bridgehead atoms. The lowest BCUT2D eigenvalue weighted by molar-refractivity contribution is 0.432. The largest absolute Gasteiger partial charge is 0.312 e. The highest BCUT2D eigenvalue weighted by molar-refractivity contribution is 5.20. The van der Waals surface area contributed by atoms with Gasteiger partial charge in [0.1, 0.15) is 0 Å². The zero-order chi connectivity index (χ0) is 12.1. The predicted molar refractivity (Wildman–Crippen MR) is 71.0 cm³/mol. The molecule has 0 radical (unpaired) electrons. The molecule has 0 atom stereocenters. The van der Waals surface area contributed by atoms with Gasteiger partial charge in [-0.1, -0.05) is 33.1 Å². The van der Waals surface area contributed by atoms with Crippen molar-refractivity contribution < 1.29 is 0 Å². The normalized spacial score (nSPS) is 17.8. The Hall–Kier alpha value is -0.830. The van der Waals surface area contributed by atoms with Gasteiger partial charge in [-0.05, 0) is 25.3 Å². The van der Waals surface area contributed by atoms with Crippen molar-refractivity contribution in [1.82, 2.24) is 15.5 Å². The second-order valence-electron chi connectivity index (χ2n) is 5.67. The van der Waals surface area contributed by atoms with Gasteiger partial charge in [-0.3, -0.25) is 5.10 Å². The van der Waals surface area contributed by atoms with Gasteiger partial charge in [-0.25, -0.2) is 0 Å². The van der Waals surface area contributed by atoms with Crippen LogP contribution in [0.2, 0.25) is 0 Å². The maximum Gasteiger partial charge on any atom is 0.0535 e. The topological polar surface area (TPSA) is 40.7 Å². The maximum absolute atomic E-state index is 4.23. The molecule has 0 aliphatic heterocycles. The number of nitrogens with one attached hydrogen (secondary N) is 2. The molecule has 1 aliphatic carbocycles. The van der Waals surface area contributed by atoms with E-state index < -0.39 is 0 Å². The summed E-state index contributed by atoms with van der Waals surface area (Å²) in [5, 5.41) is 11.0. The Morgan fingerprint density at radius 3 is 2.82 bits per heavy atom. The predicted octanol–water partition coefficient (Wildman–Crippen LogP) is 3.20. The van der Waals surface area contributed by atoms with E-state index in [2.05, 4.69) is 29.4 Å². The second kappa shape index (κ2) is 6.20. The van der Waals surface area contributed by atoms with Gasteiger partial charge in [0.05, 0.1) is 6.20 Å². The van der Waals surface area contributed by atoms with E-state index in [1.54, 1.807) is 0 Å². The first-order valence-corrected chi connectivity index (χ1v) is 7.00. The summed E-state index contributed by atoms with van der Waals surface area (Å²) in [5.41, 5.74) is 2.76. The van der Waals surface area contributed by atoms with Crippen molar-refractivity contribution in [1.29, 1.82) is 0 Å². The van der Waals surface area contributed by atoms with Crippen LogP contribution in [-0.4, -0.2) is 16.7 Å². The Morgan fingerprint density at radius 2 is 2.12 bits per heavy atom. The molecule has 1 fully saturated rings. The van der Waals surface area contributed by atoms with Crippen LogP contribution in [0.3, 0.4) is 0 Å². The van der Waals surface area contributed by atoms with Crippen molar-refractivity contribution in [3.63, 3.8) is 0 Å². The fourth-order valence-electron chi connectivity index (χ4n) is 2.70. The van der Waals surface area contributed by atoms with Crippen molar-refractivity contribution in [3.05, 3.63) is 17.5 Å². The second-order valence-corrected chi connectivity index (χ2v) is 5.67. The van der Waals surface area contributed by atoms with E-state index in [0.717, 1.165) is 19.0 Å². The van der Waals surface area contributed by atoms with Crippen molar-refractivity contribution in [2.45, 2.75) is 58.4 Å². The molecule has 0 amide bonds. The van der Waals surface area contributed by atoms with E-state index in [4.69, 9.17) is 0 Å². The summed E-state index contributed by atoms with van der Waals surface area (Å²) in [6.07, 6.45) is 8.83. The van der Waals surface area contributed by atoms with Crippen molar-refractivity contribution >= 4 is 0 Å². The number of H-pyrrole nitrogens is 1. The number of aromatic nitrogens is 2. The van der Waals surface area contributed by atoms with E-state index in [1.807, 2.05) is 6.20 Å². The number of hydrogen-bond acceptors (Lipinski definition) is 2. The smallest absolute Gasteiger partial charge is 0.0535 e. The molecule has 3 nitrogen and oxygen atoms in total. The molecule has 1 saturated carbocycles. The molecule has 1 aromatic heterocycles. The van der Waals surface area contributed by atoms with E-state index in [1.165, 1.54) is 43.4 Å². The molecule has 2 N–H and O–H groups in total. The average molecular weight is 235 g/mol. The zero-order valence-electron chi connectivity index (χ0n) is 11.1. The minimum Gasteiger partial charge on any atom is -0.312 e. The maximum atomic E-state index is 4.23. The Bertz CT molecular complexity index is 324. The van der Waals surface area contributed by atoms with Crippen molar-refractivity contribution in [2.75, 3.05) is 6.54 Å². The molecule has 0 saturated heterocycles. The molecule has 17 heavy (non-hydrogen) atoms. The Kier molecular flexibility index (Phi) is 4.60. The van der Waals surface area contributed by atoms with Crippen LogP contribution in [0.1, 0.15) is 63.1 Å². The molecule has 1 aromatic rings. The first kappa shape index (κ1) is 12.6. The molecule has 2 rings (SSSR count). The van der Waals surface area contributed by atoms with Crippen LogP contribution < -0.4 is 5.32 Å². The van der Waals surface area contributed by atoms with Gasteiger partial charge in [0.2, 0.25) is 0 Å². The summed E-state index contributed by atoms with van der Waals surface area (Å²) >= 11 is 0. The van der Waals surface area contributed by atoms with Gasteiger partial charge in [0, 0.05) is 23.7 Å². The minimum absolute atomic E-state index is 0.708. The van der Waals surface area contributed by atoms with Crippen LogP contribution in [-0.2, 0) is 6.54 Å². The third-order valence-corrected chi connectivity index (χ3v) is 3.63. The van der Waals surface area contributed by atoms with E-state index in [-0.39, 0.29) is 0 Å². The summed E-state index contributed by atoms with van der Waals surface area (Å²) in [7, 11) is 0. The average Bonchev–Trinajstić information content (AvgIpc) is 2.78. The van der Waals surface area contributed by atoms with Gasteiger partial charge in [0.15, 0.2) is 0 Å². The third-order valence-electron chi connectivity index (χ3n) is 3.63. The highest BCUT2D eigenvalue weighted by Gasteiger charge is 2.19. The van der Waals surface area contributed by atoms with Crippen LogP contribution in [0.4, 0.5) is 0 Å². The van der Waals surface area contributed by atoms with Gasteiger partial charge < -0.3 is 5.32 Å². The van der Waals surface area contributed by atoms with Gasteiger partial charge in [-0.2, -0.15) is 5.10 Å². The van der Waals surface area contributed by atoms with Crippen molar-refractivity contribution in [2.24, 2.45) is 5.92 Å². The summed E-state index contributed by atoms with van der Waals surface area (Å²) in [6.45, 7) is 6.52. The quantitative estimate of drug-likeness (QED) is 0.823. The number of aromatic amines is 1. The summed E-state index contributed by atoms with van der Waals surface area (Å²) in [5.74, 6) is 1.43. The Balaban J connectivity index is 1.91. The molecule has 96 valence electrons. The Morgan fingerprint density at radius 1 is 1.35 bits per heavy atom. The Labute approximate surface area is 104 Å². The molecule has 0 spiro atoms. The molecular formula is C14H25N3. The lowest BCUT2D eigenvalue weighted by atomic mass is 9.85. The highest BCUT2D eigenvalue weighted by atomic mass is 15.1. The number of rotatable bonds is 5. The van der Waals surface area contributed by atoms with Crippen LogP contribution in [0, 0.1) is 5.92 Å². The molecule has 3 heteroatoms. The molecule has 1 aliphatic rings. The lowest BCUT2D eigenvalue weighted by Crippen LogP contribution is -2.20. The molecular weight excluding hydrogens is 210 g/mol. The summed E-state index contributed by atoms with van der Waals surface area (Å²) in [4.78, 5) is 0. The van der Waals surface area contributed by atoms with Gasteiger partial charge in [0.25, 0.3) is 0 Å². The summed E-state index contributed by atoms with van der Waals surface area (Å²) < 4.78 is 0. The van der Waals surface area contributed by atoms with Gasteiger partial charge in [-0.15, -0.1) is 0 Å². The van der Waals surface area contributed by atoms with Crippen LogP contribution >= 0.6 is 0 Å². The molecule has 0 unspecified atom stereocenters. The SMILES string of the molecule is CC(C)CNCc1cn[nH]c1C1CCCCC1. The van der Waals surface area contributed by atoms with Crippen LogP contribution in [0.5, 0.6) is 0 Å². The highest BCUT2D eigenvalue weighted by Crippen LogP contribution is 2.32. The standard InChI is InChI=1S/C14H25N3/c1-11(2)8-15-9-13-10-16-17-14(13)12-6-4-3-5-7-12/h10-12,15H,3-9H2,1-2H3,(H,16,17). The monoisotopic (exact) mass is 235 g/mol. The number of hydrogen-bond donors (Lipinski definition) is 2. The zero-order valence-corrected chi connectivity index (χ0v) is 11.1. The lowest BCUT2D eigenvalue weighted by Gasteiger charge is -2.21. The molecule has 0 aromatic carbocycles. The summed E-state index contributed by atoms with van der Waals surface area (Å²) in [6, 6.07) is 0. The number of nitrogens with zero attached hydrogens (tertiary/aromatic N) is 1. The first-order valence-electron chi connectivity index (χ1n) is 7.00.